The van der Waals surface area contributed by atoms with Crippen LogP contribution in [0.5, 0.6) is 0 Å². The van der Waals surface area contributed by atoms with E-state index in [1.54, 1.807) is 0 Å². The molecule has 0 radical (unpaired) electrons. The van der Waals surface area contributed by atoms with E-state index in [1.165, 1.54) is 6.08 Å². The number of hydrogen-bond donors (Lipinski definition) is 2. The molecule has 0 aliphatic heterocycles. The summed E-state index contributed by atoms with van der Waals surface area (Å²) < 4.78 is 8.85. The Balaban J connectivity index is 4.85. The largest absolute Gasteiger partial charge is 0.481 e. The summed E-state index contributed by atoms with van der Waals surface area (Å²) in [7, 11) is 0. The maximum Gasteiger partial charge on any atom is 0.339 e. The summed E-state index contributed by atoms with van der Waals surface area (Å²) in [6, 6.07) is 0. The molecule has 0 aliphatic rings. The van der Waals surface area contributed by atoms with Crippen LogP contribution in [-0.2, 0) is 23.9 Å². The molecule has 0 bridgehead atoms. The molecule has 0 aromatic rings. The number of aliphatic carboxylic acids is 1. The Morgan fingerprint density at radius 2 is 1.83 bits per heavy atom. The van der Waals surface area contributed by atoms with E-state index in [9.17, 15) is 19.5 Å². The predicted molar refractivity (Wildman–Crippen MR) is 59.3 cm³/mol. The van der Waals surface area contributed by atoms with Crippen molar-refractivity contribution in [3.63, 3.8) is 0 Å². The van der Waals surface area contributed by atoms with Crippen molar-refractivity contribution < 1.29 is 34.1 Å². The lowest BCUT2D eigenvalue weighted by molar-refractivity contribution is -0.174. The van der Waals surface area contributed by atoms with Gasteiger partial charge in [-0.25, -0.2) is 4.79 Å². The molecule has 0 saturated carbocycles. The summed E-state index contributed by atoms with van der Waals surface area (Å²) in [5.41, 5.74) is -2.48. The third-order valence-electron chi connectivity index (χ3n) is 1.81. The van der Waals surface area contributed by atoms with Gasteiger partial charge in [-0.1, -0.05) is 19.2 Å². The minimum Gasteiger partial charge on any atom is -0.481 e. The Kier molecular flexibility index (Phi) is 6.37. The first-order valence-electron chi connectivity index (χ1n) is 4.88. The zero-order chi connectivity index (χ0) is 14.2. The van der Waals surface area contributed by atoms with E-state index < -0.39 is 36.4 Å². The van der Waals surface area contributed by atoms with Gasteiger partial charge in [-0.2, -0.15) is 0 Å². The maximum atomic E-state index is 11.5. The molecule has 100 valence electrons. The molecule has 0 amide bonds. The van der Waals surface area contributed by atoms with Gasteiger partial charge in [0.2, 0.25) is 0 Å². The molecular formula is C11H14O7. The molecule has 0 spiro atoms. The van der Waals surface area contributed by atoms with Crippen LogP contribution in [0.15, 0.2) is 25.5 Å². The molecule has 7 nitrogen and oxygen atoms in total. The predicted octanol–water partition coefficient (Wildman–Crippen LogP) is -0.00180. The molecule has 1 atom stereocenters. The number of hydrogen-bond acceptors (Lipinski definition) is 6. The number of ether oxygens (including phenoxy) is 2. The van der Waals surface area contributed by atoms with E-state index >= 15 is 0 Å². The fourth-order valence-electron chi connectivity index (χ4n) is 1.10. The fourth-order valence-corrected chi connectivity index (χ4v) is 1.10. The number of carbonyl (C=O) groups is 3. The van der Waals surface area contributed by atoms with Gasteiger partial charge in [0.25, 0.3) is 0 Å². The van der Waals surface area contributed by atoms with Crippen molar-refractivity contribution in [3.05, 3.63) is 25.5 Å². The maximum absolute atomic E-state index is 11.5. The van der Waals surface area contributed by atoms with Gasteiger partial charge in [0.05, 0.1) is 19.1 Å². The molecular weight excluding hydrogens is 244 g/mol. The van der Waals surface area contributed by atoms with E-state index in [-0.39, 0.29) is 6.61 Å². The molecule has 0 aliphatic carbocycles. The second-order valence-electron chi connectivity index (χ2n) is 3.32. The summed E-state index contributed by atoms with van der Waals surface area (Å²) in [4.78, 5) is 33.2. The Morgan fingerprint density at radius 1 is 1.22 bits per heavy atom. The normalized spacial score (nSPS) is 12.9. The van der Waals surface area contributed by atoms with Crippen LogP contribution in [0.3, 0.4) is 0 Å². The topological polar surface area (TPSA) is 110 Å². The molecule has 0 saturated heterocycles. The van der Waals surface area contributed by atoms with E-state index in [1.807, 2.05) is 0 Å². The molecule has 7 heteroatoms. The number of carbonyl (C=O) groups excluding carboxylic acids is 2. The highest BCUT2D eigenvalue weighted by Gasteiger charge is 2.42. The molecule has 0 rings (SSSR count). The van der Waals surface area contributed by atoms with Crippen molar-refractivity contribution in [2.45, 2.75) is 18.4 Å². The van der Waals surface area contributed by atoms with Crippen molar-refractivity contribution in [3.8, 4) is 0 Å². The third kappa shape index (κ3) is 5.26. The van der Waals surface area contributed by atoms with Crippen molar-refractivity contribution in [2.24, 2.45) is 0 Å². The van der Waals surface area contributed by atoms with Crippen LogP contribution in [0.1, 0.15) is 12.8 Å². The molecule has 0 aromatic carbocycles. The highest BCUT2D eigenvalue weighted by atomic mass is 16.6. The smallest absolute Gasteiger partial charge is 0.339 e. The monoisotopic (exact) mass is 258 g/mol. The first-order valence-corrected chi connectivity index (χ1v) is 4.88. The summed E-state index contributed by atoms with van der Waals surface area (Å²) in [6.07, 6.45) is 0.219. The van der Waals surface area contributed by atoms with Crippen LogP contribution < -0.4 is 0 Å². The number of carboxylic acid groups (broad SMARTS) is 1. The zero-order valence-electron chi connectivity index (χ0n) is 9.63. The molecule has 1 unspecified atom stereocenters. The number of esters is 2. The molecule has 0 fully saturated rings. The van der Waals surface area contributed by atoms with E-state index in [0.717, 1.165) is 6.26 Å². The van der Waals surface area contributed by atoms with Crippen LogP contribution in [0, 0.1) is 0 Å². The van der Waals surface area contributed by atoms with Crippen LogP contribution in [0.4, 0.5) is 0 Å². The molecule has 2 N–H and O–H groups in total. The van der Waals surface area contributed by atoms with Crippen molar-refractivity contribution >= 4 is 17.9 Å². The number of carboxylic acids is 1. The Bertz CT molecular complexity index is 360. The molecule has 0 aromatic heterocycles. The van der Waals surface area contributed by atoms with Crippen LogP contribution >= 0.6 is 0 Å². The van der Waals surface area contributed by atoms with Crippen molar-refractivity contribution in [2.75, 3.05) is 6.61 Å². The van der Waals surface area contributed by atoms with Crippen molar-refractivity contribution in [1.29, 1.82) is 0 Å². The first-order chi connectivity index (χ1) is 8.35. The van der Waals surface area contributed by atoms with Crippen LogP contribution in [0.25, 0.3) is 0 Å². The summed E-state index contributed by atoms with van der Waals surface area (Å²) in [6.45, 7) is 6.19. The average Bonchev–Trinajstić information content (AvgIpc) is 2.24. The van der Waals surface area contributed by atoms with E-state index in [4.69, 9.17) is 5.11 Å². The summed E-state index contributed by atoms with van der Waals surface area (Å²) >= 11 is 0. The van der Waals surface area contributed by atoms with Gasteiger partial charge in [0.1, 0.15) is 6.61 Å². The van der Waals surface area contributed by atoms with Gasteiger partial charge in [0, 0.05) is 0 Å². The lowest BCUT2D eigenvalue weighted by Gasteiger charge is -2.22. The van der Waals surface area contributed by atoms with Gasteiger partial charge < -0.3 is 19.7 Å². The quantitative estimate of drug-likeness (QED) is 0.358. The fraction of sp³-hybridized carbons (Fsp3) is 0.364. The number of aliphatic hydroxyl groups is 1. The molecule has 0 heterocycles. The Hall–Kier alpha value is -2.15. The second kappa shape index (κ2) is 7.23. The SMILES string of the molecule is C=CCOC(=O)C(O)(CC(=O)O)CC(=O)OC=C. The van der Waals surface area contributed by atoms with Gasteiger partial charge in [-0.3, -0.25) is 9.59 Å². The zero-order valence-corrected chi connectivity index (χ0v) is 9.63. The van der Waals surface area contributed by atoms with Crippen molar-refractivity contribution in [1.82, 2.24) is 0 Å². The van der Waals surface area contributed by atoms with Crippen LogP contribution in [-0.4, -0.2) is 40.3 Å². The first kappa shape index (κ1) is 15.9. The van der Waals surface area contributed by atoms with Crippen LogP contribution in [0.2, 0.25) is 0 Å². The Morgan fingerprint density at radius 3 is 2.28 bits per heavy atom. The van der Waals surface area contributed by atoms with E-state index in [2.05, 4.69) is 22.6 Å². The summed E-state index contributed by atoms with van der Waals surface area (Å²) in [5.74, 6) is -3.69. The van der Waals surface area contributed by atoms with Gasteiger partial charge in [-0.15, -0.1) is 0 Å². The summed E-state index contributed by atoms with van der Waals surface area (Å²) in [5, 5.41) is 18.5. The average molecular weight is 258 g/mol. The minimum atomic E-state index is -2.48. The lowest BCUT2D eigenvalue weighted by atomic mass is 9.96. The van der Waals surface area contributed by atoms with Gasteiger partial charge in [0.15, 0.2) is 5.60 Å². The second-order valence-corrected chi connectivity index (χ2v) is 3.32. The lowest BCUT2D eigenvalue weighted by Crippen LogP contribution is -2.44. The standard InChI is InChI=1S/C11H14O7/c1-3-5-18-10(15)11(16,6-8(12)13)7-9(14)17-4-2/h3-4,16H,1-2,5-7H2,(H,12,13). The van der Waals surface area contributed by atoms with Gasteiger partial charge in [-0.05, 0) is 0 Å². The number of rotatable bonds is 8. The third-order valence-corrected chi connectivity index (χ3v) is 1.81. The highest BCUT2D eigenvalue weighted by molar-refractivity contribution is 5.89. The van der Waals surface area contributed by atoms with Gasteiger partial charge >= 0.3 is 17.9 Å². The minimum absolute atomic E-state index is 0.211. The highest BCUT2D eigenvalue weighted by Crippen LogP contribution is 2.19. The Labute approximate surface area is 103 Å². The van der Waals surface area contributed by atoms with E-state index in [0.29, 0.717) is 0 Å². The molecule has 18 heavy (non-hydrogen) atoms.